The predicted octanol–water partition coefficient (Wildman–Crippen LogP) is 1.91. The van der Waals surface area contributed by atoms with E-state index in [1.165, 1.54) is 0 Å². The molecule has 4 heteroatoms. The molecule has 4 nitrogen and oxygen atoms in total. The average Bonchev–Trinajstić information content (AvgIpc) is 2.20. The van der Waals surface area contributed by atoms with Crippen LogP contribution in [0.15, 0.2) is 6.20 Å². The van der Waals surface area contributed by atoms with E-state index in [9.17, 15) is 5.11 Å². The molecule has 0 aliphatic heterocycles. The first-order valence-electron chi connectivity index (χ1n) is 6.14. The second-order valence-electron chi connectivity index (χ2n) is 5.53. The van der Waals surface area contributed by atoms with Gasteiger partial charge in [-0.3, -0.25) is 9.88 Å². The third kappa shape index (κ3) is 3.96. The largest absolute Gasteiger partial charge is 0.496 e. The Morgan fingerprint density at radius 1 is 1.39 bits per heavy atom. The van der Waals surface area contributed by atoms with Gasteiger partial charge in [0.15, 0.2) is 0 Å². The van der Waals surface area contributed by atoms with Crippen LogP contribution in [-0.2, 0) is 6.54 Å². The summed E-state index contributed by atoms with van der Waals surface area (Å²) < 4.78 is 5.39. The van der Waals surface area contributed by atoms with Crippen LogP contribution >= 0.6 is 0 Å². The van der Waals surface area contributed by atoms with Gasteiger partial charge in [0.2, 0.25) is 0 Å². The Labute approximate surface area is 110 Å². The first-order valence-corrected chi connectivity index (χ1v) is 6.14. The fourth-order valence-electron chi connectivity index (χ4n) is 2.20. The molecule has 1 heterocycles. The van der Waals surface area contributed by atoms with E-state index in [1.54, 1.807) is 21.0 Å². The van der Waals surface area contributed by atoms with Crippen LogP contribution < -0.4 is 4.74 Å². The molecule has 1 aromatic rings. The fraction of sp³-hybridized carbons (Fsp3) is 0.643. The summed E-state index contributed by atoms with van der Waals surface area (Å²) >= 11 is 0. The molecule has 0 saturated carbocycles. The summed E-state index contributed by atoms with van der Waals surface area (Å²) in [6, 6.07) is 0. The van der Waals surface area contributed by atoms with E-state index in [4.69, 9.17) is 4.74 Å². The molecule has 1 rings (SSSR count). The van der Waals surface area contributed by atoms with Crippen LogP contribution in [0.25, 0.3) is 0 Å². The molecule has 1 aromatic heterocycles. The SMILES string of the molecule is COc1c(C)cnc(CN(C)CC(C)(C)O)c1C. The zero-order valence-electron chi connectivity index (χ0n) is 12.2. The molecule has 18 heavy (non-hydrogen) atoms. The van der Waals surface area contributed by atoms with Crippen LogP contribution in [0.1, 0.15) is 30.7 Å². The molecule has 0 radical (unpaired) electrons. The minimum atomic E-state index is -0.697. The molecule has 102 valence electrons. The van der Waals surface area contributed by atoms with E-state index in [0.29, 0.717) is 13.1 Å². The van der Waals surface area contributed by atoms with Crippen LogP contribution in [0, 0.1) is 13.8 Å². The van der Waals surface area contributed by atoms with Gasteiger partial charge in [0.1, 0.15) is 5.75 Å². The number of hydrogen-bond acceptors (Lipinski definition) is 4. The van der Waals surface area contributed by atoms with Crippen LogP contribution in [0.2, 0.25) is 0 Å². The molecule has 0 atom stereocenters. The Morgan fingerprint density at radius 3 is 2.50 bits per heavy atom. The van der Waals surface area contributed by atoms with Gasteiger partial charge in [-0.25, -0.2) is 0 Å². The molecule has 0 spiro atoms. The Balaban J connectivity index is 2.85. The second kappa shape index (κ2) is 5.67. The minimum absolute atomic E-state index is 0.601. The topological polar surface area (TPSA) is 45.6 Å². The van der Waals surface area contributed by atoms with Crippen LogP contribution in [0.3, 0.4) is 0 Å². The lowest BCUT2D eigenvalue weighted by atomic mass is 10.1. The van der Waals surface area contributed by atoms with Gasteiger partial charge in [0, 0.05) is 30.4 Å². The summed E-state index contributed by atoms with van der Waals surface area (Å²) in [6.45, 7) is 8.92. The van der Waals surface area contributed by atoms with Crippen molar-refractivity contribution in [2.45, 2.75) is 39.8 Å². The molecule has 0 amide bonds. The maximum Gasteiger partial charge on any atom is 0.128 e. The molecular formula is C14H24N2O2. The number of methoxy groups -OCH3 is 1. The standard InChI is InChI=1S/C14H24N2O2/c1-10-7-15-12(11(2)13(10)18-6)8-16(5)9-14(3,4)17/h7,17H,8-9H2,1-6H3. The zero-order chi connectivity index (χ0) is 13.9. The highest BCUT2D eigenvalue weighted by molar-refractivity contribution is 5.40. The molecule has 1 N–H and O–H groups in total. The first kappa shape index (κ1) is 14.9. The smallest absolute Gasteiger partial charge is 0.128 e. The van der Waals surface area contributed by atoms with E-state index in [0.717, 1.165) is 22.6 Å². The van der Waals surface area contributed by atoms with E-state index < -0.39 is 5.60 Å². The van der Waals surface area contributed by atoms with Crippen molar-refractivity contribution in [1.82, 2.24) is 9.88 Å². The van der Waals surface area contributed by atoms with Crippen LogP contribution in [0.5, 0.6) is 5.75 Å². The molecular weight excluding hydrogens is 228 g/mol. The van der Waals surface area contributed by atoms with Crippen molar-refractivity contribution in [3.8, 4) is 5.75 Å². The van der Waals surface area contributed by atoms with E-state index in [2.05, 4.69) is 9.88 Å². The van der Waals surface area contributed by atoms with Crippen molar-refractivity contribution in [2.24, 2.45) is 0 Å². The number of aryl methyl sites for hydroxylation is 1. The van der Waals surface area contributed by atoms with Gasteiger partial charge in [-0.05, 0) is 34.7 Å². The number of hydrogen-bond donors (Lipinski definition) is 1. The maximum absolute atomic E-state index is 9.79. The Kier molecular flexibility index (Phi) is 4.71. The number of pyridine rings is 1. The van der Waals surface area contributed by atoms with E-state index >= 15 is 0 Å². The molecule has 0 fully saturated rings. The van der Waals surface area contributed by atoms with Crippen molar-refractivity contribution >= 4 is 0 Å². The third-order valence-corrected chi connectivity index (χ3v) is 2.83. The summed E-state index contributed by atoms with van der Waals surface area (Å²) in [5.74, 6) is 0.900. The minimum Gasteiger partial charge on any atom is -0.496 e. The molecule has 0 unspecified atom stereocenters. The van der Waals surface area contributed by atoms with Crippen molar-refractivity contribution in [3.05, 3.63) is 23.0 Å². The second-order valence-corrected chi connectivity index (χ2v) is 5.53. The Bertz CT molecular complexity index is 411. The monoisotopic (exact) mass is 252 g/mol. The van der Waals surface area contributed by atoms with Gasteiger partial charge in [0.05, 0.1) is 18.4 Å². The Morgan fingerprint density at radius 2 is 2.00 bits per heavy atom. The van der Waals surface area contributed by atoms with Crippen molar-refractivity contribution in [3.63, 3.8) is 0 Å². The lowest BCUT2D eigenvalue weighted by Gasteiger charge is -2.25. The van der Waals surface area contributed by atoms with Gasteiger partial charge < -0.3 is 9.84 Å². The highest BCUT2D eigenvalue weighted by Crippen LogP contribution is 2.24. The normalized spacial score (nSPS) is 12.0. The average molecular weight is 252 g/mol. The summed E-state index contributed by atoms with van der Waals surface area (Å²) in [5, 5.41) is 9.79. The predicted molar refractivity (Wildman–Crippen MR) is 72.9 cm³/mol. The number of ether oxygens (including phenoxy) is 1. The van der Waals surface area contributed by atoms with Gasteiger partial charge in [0.25, 0.3) is 0 Å². The van der Waals surface area contributed by atoms with Gasteiger partial charge >= 0.3 is 0 Å². The number of nitrogens with zero attached hydrogens (tertiary/aromatic N) is 2. The summed E-state index contributed by atoms with van der Waals surface area (Å²) in [7, 11) is 3.66. The molecule has 0 aromatic carbocycles. The summed E-state index contributed by atoms with van der Waals surface area (Å²) in [5.41, 5.74) is 2.41. The highest BCUT2D eigenvalue weighted by Gasteiger charge is 2.17. The maximum atomic E-state index is 9.79. The van der Waals surface area contributed by atoms with Crippen molar-refractivity contribution in [2.75, 3.05) is 20.7 Å². The quantitative estimate of drug-likeness (QED) is 0.869. The fourth-order valence-corrected chi connectivity index (χ4v) is 2.20. The third-order valence-electron chi connectivity index (χ3n) is 2.83. The lowest BCUT2D eigenvalue weighted by molar-refractivity contribution is 0.0421. The van der Waals surface area contributed by atoms with E-state index in [1.807, 2.05) is 27.1 Å². The van der Waals surface area contributed by atoms with Crippen molar-refractivity contribution in [1.29, 1.82) is 0 Å². The van der Waals surface area contributed by atoms with Crippen LogP contribution in [-0.4, -0.2) is 41.3 Å². The summed E-state index contributed by atoms with van der Waals surface area (Å²) in [4.78, 5) is 6.51. The lowest BCUT2D eigenvalue weighted by Crippen LogP contribution is -2.36. The molecule has 0 aliphatic rings. The number of aliphatic hydroxyl groups is 1. The summed E-state index contributed by atoms with van der Waals surface area (Å²) in [6.07, 6.45) is 1.83. The van der Waals surface area contributed by atoms with Gasteiger partial charge in [-0.2, -0.15) is 0 Å². The van der Waals surface area contributed by atoms with Gasteiger partial charge in [-0.15, -0.1) is 0 Å². The number of rotatable bonds is 5. The zero-order valence-corrected chi connectivity index (χ0v) is 12.2. The van der Waals surface area contributed by atoms with Crippen molar-refractivity contribution < 1.29 is 9.84 Å². The van der Waals surface area contributed by atoms with Crippen LogP contribution in [0.4, 0.5) is 0 Å². The number of aromatic nitrogens is 1. The number of likely N-dealkylation sites (N-methyl/N-ethyl adjacent to an activating group) is 1. The Hall–Kier alpha value is -1.13. The molecule has 0 bridgehead atoms. The van der Waals surface area contributed by atoms with E-state index in [-0.39, 0.29) is 0 Å². The van der Waals surface area contributed by atoms with Gasteiger partial charge in [-0.1, -0.05) is 0 Å². The molecule has 0 saturated heterocycles. The highest BCUT2D eigenvalue weighted by atomic mass is 16.5. The molecule has 0 aliphatic carbocycles. The first-order chi connectivity index (χ1) is 8.24.